The lowest BCUT2D eigenvalue weighted by atomic mass is 10.0. The third kappa shape index (κ3) is 2.84. The number of phenols is 1. The van der Waals surface area contributed by atoms with Gasteiger partial charge >= 0.3 is 0 Å². The quantitative estimate of drug-likeness (QED) is 0.779. The van der Waals surface area contributed by atoms with Crippen molar-refractivity contribution in [3.05, 3.63) is 22.2 Å². The summed E-state index contributed by atoms with van der Waals surface area (Å²) < 4.78 is 5.59. The van der Waals surface area contributed by atoms with Crippen molar-refractivity contribution in [2.24, 2.45) is 5.73 Å². The summed E-state index contributed by atoms with van der Waals surface area (Å²) in [6, 6.07) is 2.92. The summed E-state index contributed by atoms with van der Waals surface area (Å²) in [5.74, 6) is 0.708. The monoisotopic (exact) mass is 275 g/mol. The molecule has 0 aliphatic carbocycles. The third-order valence-corrected chi connectivity index (χ3v) is 2.75. The maximum Gasteiger partial charge on any atom is 0.134 e. The molecule has 15 heavy (non-hydrogen) atoms. The number of aromatic hydroxyl groups is 1. The fourth-order valence-corrected chi connectivity index (χ4v) is 1.74. The van der Waals surface area contributed by atoms with Crippen molar-refractivity contribution in [2.75, 3.05) is 13.7 Å². The molecule has 5 heteroatoms. The van der Waals surface area contributed by atoms with E-state index in [0.717, 1.165) is 0 Å². The molecule has 0 spiro atoms. The van der Waals surface area contributed by atoms with Crippen LogP contribution in [0.25, 0.3) is 0 Å². The first-order valence-electron chi connectivity index (χ1n) is 4.53. The van der Waals surface area contributed by atoms with E-state index in [1.807, 2.05) is 0 Å². The van der Waals surface area contributed by atoms with Gasteiger partial charge in [0.05, 0.1) is 11.6 Å². The Morgan fingerprint density at radius 1 is 1.53 bits per heavy atom. The van der Waals surface area contributed by atoms with Gasteiger partial charge in [0.25, 0.3) is 0 Å². The first kappa shape index (κ1) is 12.3. The van der Waals surface area contributed by atoms with Gasteiger partial charge in [-0.15, -0.1) is 0 Å². The van der Waals surface area contributed by atoms with Crippen LogP contribution in [0.2, 0.25) is 0 Å². The average molecular weight is 276 g/mol. The van der Waals surface area contributed by atoms with Crippen molar-refractivity contribution in [1.82, 2.24) is 0 Å². The first-order chi connectivity index (χ1) is 7.10. The van der Waals surface area contributed by atoms with E-state index in [1.165, 1.54) is 0 Å². The van der Waals surface area contributed by atoms with Crippen LogP contribution in [0.5, 0.6) is 11.5 Å². The van der Waals surface area contributed by atoms with Crippen LogP contribution in [-0.4, -0.2) is 23.9 Å². The number of aliphatic hydroxyl groups excluding tert-OH is 1. The molecule has 0 heterocycles. The smallest absolute Gasteiger partial charge is 0.134 e. The predicted molar refractivity (Wildman–Crippen MR) is 61.0 cm³/mol. The molecule has 1 atom stereocenters. The number of benzene rings is 1. The molecule has 0 aliphatic heterocycles. The Kier molecular flexibility index (Phi) is 4.38. The van der Waals surface area contributed by atoms with Gasteiger partial charge in [0.1, 0.15) is 11.5 Å². The Balaban J connectivity index is 3.09. The molecule has 0 saturated carbocycles. The van der Waals surface area contributed by atoms with Gasteiger partial charge in [-0.1, -0.05) is 0 Å². The van der Waals surface area contributed by atoms with Gasteiger partial charge in [-0.3, -0.25) is 0 Å². The van der Waals surface area contributed by atoms with Crippen LogP contribution in [0, 0.1) is 0 Å². The van der Waals surface area contributed by atoms with E-state index < -0.39 is 6.04 Å². The summed E-state index contributed by atoms with van der Waals surface area (Å²) in [4.78, 5) is 0. The molecule has 0 saturated heterocycles. The van der Waals surface area contributed by atoms with Crippen LogP contribution in [0.1, 0.15) is 18.0 Å². The molecule has 1 aromatic rings. The Labute approximate surface area is 96.8 Å². The van der Waals surface area contributed by atoms with Crippen LogP contribution in [0.4, 0.5) is 0 Å². The molecule has 0 radical (unpaired) electrons. The largest absolute Gasteiger partial charge is 0.506 e. The zero-order valence-corrected chi connectivity index (χ0v) is 9.99. The van der Waals surface area contributed by atoms with E-state index >= 15 is 0 Å². The van der Waals surface area contributed by atoms with E-state index in [4.69, 9.17) is 15.6 Å². The maximum atomic E-state index is 9.75. The molecule has 0 bridgehead atoms. The van der Waals surface area contributed by atoms with E-state index in [0.29, 0.717) is 22.2 Å². The maximum absolute atomic E-state index is 9.75. The van der Waals surface area contributed by atoms with Crippen molar-refractivity contribution < 1.29 is 14.9 Å². The van der Waals surface area contributed by atoms with Gasteiger partial charge in [0.2, 0.25) is 0 Å². The summed E-state index contributed by atoms with van der Waals surface area (Å²) in [6.07, 6.45) is 0.396. The Bertz CT molecular complexity index is 344. The van der Waals surface area contributed by atoms with Gasteiger partial charge in [-0.2, -0.15) is 0 Å². The van der Waals surface area contributed by atoms with Gasteiger partial charge in [0.15, 0.2) is 0 Å². The number of phenolic OH excluding ortho intramolecular Hbond substituents is 1. The van der Waals surface area contributed by atoms with E-state index in [1.54, 1.807) is 19.2 Å². The first-order valence-corrected chi connectivity index (χ1v) is 5.32. The molecule has 1 rings (SSSR count). The van der Waals surface area contributed by atoms with Crippen LogP contribution in [-0.2, 0) is 0 Å². The average Bonchev–Trinajstić information content (AvgIpc) is 2.22. The van der Waals surface area contributed by atoms with Gasteiger partial charge < -0.3 is 20.7 Å². The third-order valence-electron chi connectivity index (χ3n) is 2.14. The Morgan fingerprint density at radius 3 is 2.73 bits per heavy atom. The van der Waals surface area contributed by atoms with Crippen LogP contribution < -0.4 is 10.5 Å². The molecular weight excluding hydrogens is 262 g/mol. The van der Waals surface area contributed by atoms with Crippen molar-refractivity contribution >= 4 is 15.9 Å². The zero-order chi connectivity index (χ0) is 11.4. The number of rotatable bonds is 4. The number of aliphatic hydroxyl groups is 1. The summed E-state index contributed by atoms with van der Waals surface area (Å²) in [7, 11) is 1.54. The highest BCUT2D eigenvalue weighted by molar-refractivity contribution is 9.10. The SMILES string of the molecule is COc1cc(Br)c(O)c([C@@H](N)CCO)c1. The van der Waals surface area contributed by atoms with Crippen molar-refractivity contribution in [3.63, 3.8) is 0 Å². The van der Waals surface area contributed by atoms with Crippen molar-refractivity contribution in [2.45, 2.75) is 12.5 Å². The zero-order valence-electron chi connectivity index (χ0n) is 8.40. The molecule has 0 aromatic heterocycles. The summed E-state index contributed by atoms with van der Waals surface area (Å²) >= 11 is 3.21. The molecule has 0 amide bonds. The molecule has 4 nitrogen and oxygen atoms in total. The lowest BCUT2D eigenvalue weighted by Crippen LogP contribution is -2.12. The van der Waals surface area contributed by atoms with Crippen LogP contribution in [0.3, 0.4) is 0 Å². The normalized spacial score (nSPS) is 12.5. The molecule has 1 aromatic carbocycles. The van der Waals surface area contributed by atoms with Crippen molar-refractivity contribution in [1.29, 1.82) is 0 Å². The minimum absolute atomic E-state index is 0.0184. The molecule has 84 valence electrons. The van der Waals surface area contributed by atoms with Crippen molar-refractivity contribution in [3.8, 4) is 11.5 Å². The predicted octanol–water partition coefficient (Wildman–Crippen LogP) is 1.55. The topological polar surface area (TPSA) is 75.7 Å². The fourth-order valence-electron chi connectivity index (χ4n) is 1.29. The fraction of sp³-hybridized carbons (Fsp3) is 0.400. The number of methoxy groups -OCH3 is 1. The Hall–Kier alpha value is -0.780. The number of hydrogen-bond donors (Lipinski definition) is 3. The Morgan fingerprint density at radius 2 is 2.20 bits per heavy atom. The lowest BCUT2D eigenvalue weighted by molar-refractivity contribution is 0.275. The molecule has 0 aliphatic rings. The van der Waals surface area contributed by atoms with Crippen LogP contribution in [0.15, 0.2) is 16.6 Å². The highest BCUT2D eigenvalue weighted by atomic mass is 79.9. The number of halogens is 1. The number of nitrogens with two attached hydrogens (primary N) is 1. The summed E-state index contributed by atoms with van der Waals surface area (Å²) in [5.41, 5.74) is 6.37. The highest BCUT2D eigenvalue weighted by Crippen LogP contribution is 2.36. The minimum atomic E-state index is -0.401. The number of hydrogen-bond acceptors (Lipinski definition) is 4. The van der Waals surface area contributed by atoms with Crippen LogP contribution >= 0.6 is 15.9 Å². The van der Waals surface area contributed by atoms with Gasteiger partial charge in [-0.25, -0.2) is 0 Å². The molecular formula is C10H14BrNO3. The second-order valence-corrected chi connectivity index (χ2v) is 4.02. The molecule has 4 N–H and O–H groups in total. The molecule has 0 unspecified atom stereocenters. The summed E-state index contributed by atoms with van der Waals surface area (Å²) in [5, 5.41) is 18.5. The van der Waals surface area contributed by atoms with Gasteiger partial charge in [0, 0.05) is 18.2 Å². The highest BCUT2D eigenvalue weighted by Gasteiger charge is 2.14. The standard InChI is InChI=1S/C10H14BrNO3/c1-15-6-4-7(9(12)2-3-13)10(14)8(11)5-6/h4-5,9,13-14H,2-3,12H2,1H3/t9-/m0/s1. The summed E-state index contributed by atoms with van der Waals surface area (Å²) in [6.45, 7) is -0.0184. The van der Waals surface area contributed by atoms with Gasteiger partial charge in [-0.05, 0) is 34.5 Å². The number of ether oxygens (including phenoxy) is 1. The second-order valence-electron chi connectivity index (χ2n) is 3.17. The van der Waals surface area contributed by atoms with E-state index in [-0.39, 0.29) is 12.4 Å². The van der Waals surface area contributed by atoms with E-state index in [2.05, 4.69) is 15.9 Å². The molecule has 0 fully saturated rings. The second kappa shape index (κ2) is 5.34. The van der Waals surface area contributed by atoms with E-state index in [9.17, 15) is 5.11 Å². The lowest BCUT2D eigenvalue weighted by Gasteiger charge is -2.14. The minimum Gasteiger partial charge on any atom is -0.506 e.